The van der Waals surface area contributed by atoms with Gasteiger partial charge in [0.1, 0.15) is 0 Å². The lowest BCUT2D eigenvalue weighted by Gasteiger charge is -2.51. The number of aliphatic hydroxyl groups excluding tert-OH is 1. The van der Waals surface area contributed by atoms with Crippen molar-refractivity contribution in [2.45, 2.75) is 185 Å². The molecule has 6 nitrogen and oxygen atoms in total. The second-order valence-corrected chi connectivity index (χ2v) is 30.3. The average molecular weight is 711 g/mol. The van der Waals surface area contributed by atoms with Crippen molar-refractivity contribution in [3.8, 4) is 0 Å². The average Bonchev–Trinajstić information content (AvgIpc) is 3.25. The lowest BCUT2D eigenvalue weighted by Crippen LogP contribution is -2.51. The van der Waals surface area contributed by atoms with Crippen LogP contribution in [0.4, 0.5) is 0 Å². The van der Waals surface area contributed by atoms with Gasteiger partial charge in [-0.25, -0.2) is 8.42 Å². The van der Waals surface area contributed by atoms with E-state index in [0.717, 1.165) is 51.4 Å². The fraction of sp³-hybridized carbons (Fsp3) is 0.842. The number of hydrogen-bond acceptors (Lipinski definition) is 6. The summed E-state index contributed by atoms with van der Waals surface area (Å²) >= 11 is 0. The van der Waals surface area contributed by atoms with Gasteiger partial charge in [0.15, 0.2) is 26.5 Å². The van der Waals surface area contributed by atoms with Gasteiger partial charge in [-0.1, -0.05) is 58.7 Å². The highest BCUT2D eigenvalue weighted by Crippen LogP contribution is 2.61. The van der Waals surface area contributed by atoms with Crippen LogP contribution in [0.5, 0.6) is 0 Å². The Kier molecular flexibility index (Phi) is 12.7. The van der Waals surface area contributed by atoms with Crippen LogP contribution in [0.2, 0.25) is 37.8 Å². The minimum Gasteiger partial charge on any atom is -0.414 e. The zero-order chi connectivity index (χ0) is 35.9. The molecule has 2 N–H and O–H groups in total. The molecule has 0 aliphatic heterocycles. The second kappa shape index (κ2) is 14.6. The first-order valence-electron chi connectivity index (χ1n) is 18.3. The SMILES string of the molecule is CC(C)(CCC[C@H]([C@H]1CCC2[C@@H](O[Si](C)(C)C(C)(C)C)CCC[C@@]21C)[C@@H](C[C@@H](O)C(C)(C)O)S(=O)(=O)c1ccccc1)O[Si](C)(C)C. The molecular weight excluding hydrogens is 641 g/mol. The van der Waals surface area contributed by atoms with E-state index in [1.807, 2.05) is 6.07 Å². The van der Waals surface area contributed by atoms with Gasteiger partial charge in [0.2, 0.25) is 0 Å². The molecule has 2 aliphatic carbocycles. The van der Waals surface area contributed by atoms with Crippen LogP contribution >= 0.6 is 0 Å². The van der Waals surface area contributed by atoms with E-state index in [-0.39, 0.29) is 40.4 Å². The number of rotatable bonds is 15. The number of aliphatic hydroxyl groups is 2. The molecule has 2 aliphatic rings. The largest absolute Gasteiger partial charge is 0.414 e. The maximum atomic E-state index is 14.7. The zero-order valence-corrected chi connectivity index (χ0v) is 35.0. The van der Waals surface area contributed by atoms with E-state index in [0.29, 0.717) is 10.8 Å². The summed E-state index contributed by atoms with van der Waals surface area (Å²) < 4.78 is 43.2. The minimum absolute atomic E-state index is 0.00133. The molecule has 0 heterocycles. The van der Waals surface area contributed by atoms with Crippen LogP contribution < -0.4 is 0 Å². The molecule has 0 spiro atoms. The minimum atomic E-state index is -3.83. The first-order valence-corrected chi connectivity index (χ1v) is 26.1. The predicted molar refractivity (Wildman–Crippen MR) is 200 cm³/mol. The molecule has 0 saturated heterocycles. The molecule has 1 aromatic rings. The fourth-order valence-electron chi connectivity index (χ4n) is 8.67. The molecule has 0 radical (unpaired) electrons. The number of hydrogen-bond donors (Lipinski definition) is 2. The van der Waals surface area contributed by atoms with Crippen LogP contribution in [-0.4, -0.2) is 63.9 Å². The third-order valence-electron chi connectivity index (χ3n) is 12.0. The Bertz CT molecular complexity index is 1260. The molecule has 2 saturated carbocycles. The van der Waals surface area contributed by atoms with E-state index in [1.54, 1.807) is 38.1 Å². The summed E-state index contributed by atoms with van der Waals surface area (Å²) in [6.07, 6.45) is 6.62. The third-order valence-corrected chi connectivity index (χ3v) is 20.0. The van der Waals surface area contributed by atoms with E-state index in [2.05, 4.69) is 74.3 Å². The van der Waals surface area contributed by atoms with E-state index in [4.69, 9.17) is 8.85 Å². The van der Waals surface area contributed by atoms with Crippen LogP contribution in [0.25, 0.3) is 0 Å². The molecule has 9 heteroatoms. The summed E-state index contributed by atoms with van der Waals surface area (Å²) in [6, 6.07) is 8.76. The molecule has 47 heavy (non-hydrogen) atoms. The standard InChI is InChI=1S/C38H70O6SSi2/c1-35(2,3)47(12,13)43-32-22-18-26-38(8)30(23-24-31(32)38)29(21-17-25-36(4,5)44-46(9,10)11)33(27-34(39)37(6,7)40)45(41,42)28-19-15-14-16-20-28/h14-16,19-20,29-34,39-40H,17-18,21-27H2,1-13H3/t29-,30-,31?,32+,33-,34-,38-/m1/s1. The molecule has 1 unspecified atom stereocenters. The molecule has 0 bridgehead atoms. The van der Waals surface area contributed by atoms with Crippen molar-refractivity contribution in [1.29, 1.82) is 0 Å². The highest BCUT2D eigenvalue weighted by atomic mass is 32.2. The molecule has 2 fully saturated rings. The summed E-state index contributed by atoms with van der Waals surface area (Å²) in [4.78, 5) is 0.294. The highest BCUT2D eigenvalue weighted by molar-refractivity contribution is 7.92. The van der Waals surface area contributed by atoms with Gasteiger partial charge in [0.05, 0.1) is 27.5 Å². The normalized spacial score (nSPS) is 26.9. The van der Waals surface area contributed by atoms with Crippen LogP contribution in [-0.2, 0) is 18.7 Å². The van der Waals surface area contributed by atoms with Crippen LogP contribution in [0.15, 0.2) is 35.2 Å². The van der Waals surface area contributed by atoms with Crippen molar-refractivity contribution in [3.05, 3.63) is 30.3 Å². The molecular formula is C38H70O6SSi2. The van der Waals surface area contributed by atoms with Crippen molar-refractivity contribution in [3.63, 3.8) is 0 Å². The molecule has 272 valence electrons. The van der Waals surface area contributed by atoms with Crippen molar-refractivity contribution in [2.75, 3.05) is 0 Å². The van der Waals surface area contributed by atoms with Gasteiger partial charge in [-0.15, -0.1) is 0 Å². The molecule has 7 atom stereocenters. The summed E-state index contributed by atoms with van der Waals surface area (Å²) in [7, 11) is -7.61. The summed E-state index contributed by atoms with van der Waals surface area (Å²) in [6.45, 7) is 28.1. The highest BCUT2D eigenvalue weighted by Gasteiger charge is 2.57. The Morgan fingerprint density at radius 2 is 1.55 bits per heavy atom. The van der Waals surface area contributed by atoms with Crippen molar-refractivity contribution < 1.29 is 27.5 Å². The lowest BCUT2D eigenvalue weighted by atomic mass is 9.60. The molecule has 1 aromatic carbocycles. The summed E-state index contributed by atoms with van der Waals surface area (Å²) in [5.74, 6) is 0.363. The maximum absolute atomic E-state index is 14.7. The summed E-state index contributed by atoms with van der Waals surface area (Å²) in [5, 5.41) is 21.5. The molecule has 0 amide bonds. The Hall–Kier alpha value is -0.556. The van der Waals surface area contributed by atoms with Crippen LogP contribution in [0, 0.1) is 23.2 Å². The van der Waals surface area contributed by atoms with E-state index >= 15 is 0 Å². The van der Waals surface area contributed by atoms with Crippen LogP contribution in [0.1, 0.15) is 113 Å². The van der Waals surface area contributed by atoms with Crippen molar-refractivity contribution in [2.24, 2.45) is 23.2 Å². The van der Waals surface area contributed by atoms with Gasteiger partial charge in [-0.2, -0.15) is 0 Å². The van der Waals surface area contributed by atoms with Gasteiger partial charge in [-0.3, -0.25) is 0 Å². The fourth-order valence-corrected chi connectivity index (χ4v) is 13.9. The van der Waals surface area contributed by atoms with Gasteiger partial charge in [0.25, 0.3) is 0 Å². The smallest absolute Gasteiger partial charge is 0.192 e. The second-order valence-electron chi connectivity index (χ2n) is 18.9. The van der Waals surface area contributed by atoms with Gasteiger partial charge in [0, 0.05) is 6.10 Å². The number of sulfone groups is 1. The predicted octanol–water partition coefficient (Wildman–Crippen LogP) is 9.37. The quantitative estimate of drug-likeness (QED) is 0.176. The molecule has 0 aromatic heterocycles. The van der Waals surface area contributed by atoms with Crippen LogP contribution in [0.3, 0.4) is 0 Å². The van der Waals surface area contributed by atoms with E-state index in [1.165, 1.54) is 0 Å². The first kappa shape index (κ1) is 40.9. The zero-order valence-electron chi connectivity index (χ0n) is 32.2. The maximum Gasteiger partial charge on any atom is 0.192 e. The van der Waals surface area contributed by atoms with Crippen molar-refractivity contribution >= 4 is 26.5 Å². The van der Waals surface area contributed by atoms with E-state index < -0.39 is 43.4 Å². The summed E-state index contributed by atoms with van der Waals surface area (Å²) in [5.41, 5.74) is -1.79. The Morgan fingerprint density at radius 3 is 2.09 bits per heavy atom. The van der Waals surface area contributed by atoms with E-state index in [9.17, 15) is 18.6 Å². The van der Waals surface area contributed by atoms with Crippen molar-refractivity contribution in [1.82, 2.24) is 0 Å². The Labute approximate surface area is 291 Å². The van der Waals surface area contributed by atoms with Gasteiger partial charge >= 0.3 is 0 Å². The monoisotopic (exact) mass is 710 g/mol. The Morgan fingerprint density at radius 1 is 0.957 bits per heavy atom. The number of benzene rings is 1. The Balaban J connectivity index is 2.09. The lowest BCUT2D eigenvalue weighted by molar-refractivity contribution is -0.0583. The van der Waals surface area contributed by atoms with Gasteiger partial charge < -0.3 is 19.1 Å². The van der Waals surface area contributed by atoms with Gasteiger partial charge in [-0.05, 0) is 146 Å². The first-order chi connectivity index (χ1) is 21.2. The third kappa shape index (κ3) is 10.0. The number of fused-ring (bicyclic) bond motifs is 1. The molecule has 3 rings (SSSR count). The topological polar surface area (TPSA) is 93.1 Å².